The summed E-state index contributed by atoms with van der Waals surface area (Å²) < 4.78 is 16.4. The van der Waals surface area contributed by atoms with E-state index in [1.54, 1.807) is 0 Å². The molecule has 0 aliphatic carbocycles. The first-order valence-electron chi connectivity index (χ1n) is 16.0. The number of carbonyl (C=O) groups is 2. The van der Waals surface area contributed by atoms with Gasteiger partial charge in [-0.1, -0.05) is 72.6 Å². The van der Waals surface area contributed by atoms with Gasteiger partial charge in [0.25, 0.3) is 0 Å². The fourth-order valence-electron chi connectivity index (χ4n) is 4.63. The lowest BCUT2D eigenvalue weighted by atomic mass is 10.0. The van der Waals surface area contributed by atoms with Gasteiger partial charge in [-0.15, -0.1) is 0 Å². The minimum Gasteiger partial charge on any atom is -0.466 e. The van der Waals surface area contributed by atoms with Crippen molar-refractivity contribution in [1.29, 1.82) is 0 Å². The van der Waals surface area contributed by atoms with E-state index in [0.717, 1.165) is 90.4 Å². The largest absolute Gasteiger partial charge is 0.508 e. The molecule has 0 fully saturated rings. The molecule has 0 aromatic heterocycles. The highest BCUT2D eigenvalue weighted by atomic mass is 16.7. The molecule has 8 heteroatoms. The highest BCUT2D eigenvalue weighted by Crippen LogP contribution is 2.16. The van der Waals surface area contributed by atoms with Crippen LogP contribution in [0.15, 0.2) is 0 Å². The topological polar surface area (TPSA) is 88.5 Å². The molecule has 0 amide bonds. The van der Waals surface area contributed by atoms with E-state index in [2.05, 4.69) is 37.5 Å². The van der Waals surface area contributed by atoms with Crippen LogP contribution in [0.3, 0.4) is 0 Å². The van der Waals surface area contributed by atoms with E-state index < -0.39 is 6.16 Å². The average molecular weight is 559 g/mol. The second-order valence-electron chi connectivity index (χ2n) is 10.5. The van der Waals surface area contributed by atoms with Crippen molar-refractivity contribution in [2.45, 2.75) is 130 Å². The van der Waals surface area contributed by atoms with Gasteiger partial charge >= 0.3 is 12.1 Å². The summed E-state index contributed by atoms with van der Waals surface area (Å²) in [7, 11) is 0. The predicted octanol–water partition coefficient (Wildman–Crippen LogP) is 6.58. The minimum atomic E-state index is -0.620. The molecule has 0 aromatic carbocycles. The summed E-state index contributed by atoms with van der Waals surface area (Å²) in [6.45, 7) is 14.6. The fourth-order valence-corrected chi connectivity index (χ4v) is 4.63. The molecule has 0 rings (SSSR count). The third kappa shape index (κ3) is 24.2. The van der Waals surface area contributed by atoms with E-state index in [4.69, 9.17) is 14.2 Å². The van der Waals surface area contributed by atoms with Crippen molar-refractivity contribution in [3.05, 3.63) is 0 Å². The van der Waals surface area contributed by atoms with E-state index in [1.807, 2.05) is 0 Å². The van der Waals surface area contributed by atoms with Crippen LogP contribution in [-0.2, 0) is 19.0 Å². The van der Waals surface area contributed by atoms with E-state index in [9.17, 15) is 14.7 Å². The Hall–Kier alpha value is -1.38. The molecule has 0 aromatic rings. The highest BCUT2D eigenvalue weighted by molar-refractivity contribution is 5.69. The summed E-state index contributed by atoms with van der Waals surface area (Å²) in [5.41, 5.74) is 0. The van der Waals surface area contributed by atoms with Crippen LogP contribution in [0.25, 0.3) is 0 Å². The summed E-state index contributed by atoms with van der Waals surface area (Å²) in [5.74, 6) is -0.130. The maximum Gasteiger partial charge on any atom is 0.508 e. The Labute approximate surface area is 240 Å². The number of nitrogens with zero attached hydrogens (tertiary/aromatic N) is 2. The molecular weight excluding hydrogens is 496 g/mol. The zero-order chi connectivity index (χ0) is 29.0. The van der Waals surface area contributed by atoms with Gasteiger partial charge in [0.05, 0.1) is 13.2 Å². The van der Waals surface area contributed by atoms with Gasteiger partial charge in [0.1, 0.15) is 12.7 Å². The number of esters is 1. The smallest absolute Gasteiger partial charge is 0.466 e. The zero-order valence-electron chi connectivity index (χ0n) is 25.9. The fraction of sp³-hybridized carbons (Fsp3) is 0.935. The van der Waals surface area contributed by atoms with Crippen molar-refractivity contribution in [3.8, 4) is 0 Å². The first-order chi connectivity index (χ1) is 19.0. The van der Waals surface area contributed by atoms with Crippen molar-refractivity contribution in [3.63, 3.8) is 0 Å². The van der Waals surface area contributed by atoms with Gasteiger partial charge in [-0.3, -0.25) is 9.69 Å². The lowest BCUT2D eigenvalue weighted by Crippen LogP contribution is -2.34. The minimum absolute atomic E-state index is 0.0854. The second kappa shape index (κ2) is 28.2. The van der Waals surface area contributed by atoms with Gasteiger partial charge in [0.15, 0.2) is 0 Å². The van der Waals surface area contributed by atoms with Crippen molar-refractivity contribution in [2.24, 2.45) is 0 Å². The predicted molar refractivity (Wildman–Crippen MR) is 159 cm³/mol. The third-order valence-electron chi connectivity index (χ3n) is 7.20. The summed E-state index contributed by atoms with van der Waals surface area (Å²) in [4.78, 5) is 28.9. The molecule has 0 bridgehead atoms. The van der Waals surface area contributed by atoms with Gasteiger partial charge in [-0.25, -0.2) is 4.79 Å². The molecule has 1 atom stereocenters. The number of hydrogen-bond donors (Lipinski definition) is 1. The summed E-state index contributed by atoms with van der Waals surface area (Å²) in [6.07, 6.45) is 13.9. The SMILES string of the molecule is CCCCCCCOC(=O)CCCCC(CCCCCC)OC(=O)OCCN(CCO)CCCN(CC)CC. The number of unbranched alkanes of at least 4 members (excludes halogenated alkanes) is 8. The number of aliphatic hydroxyl groups is 1. The number of hydrogen-bond acceptors (Lipinski definition) is 8. The molecule has 1 unspecified atom stereocenters. The molecular formula is C31H62N2O6. The Balaban J connectivity index is 4.34. The highest BCUT2D eigenvalue weighted by Gasteiger charge is 2.16. The lowest BCUT2D eigenvalue weighted by molar-refractivity contribution is -0.143. The Morgan fingerprint density at radius 2 is 1.26 bits per heavy atom. The monoisotopic (exact) mass is 558 g/mol. The number of aliphatic hydroxyl groups excluding tert-OH is 1. The van der Waals surface area contributed by atoms with Crippen LogP contribution in [0.1, 0.15) is 124 Å². The summed E-state index contributed by atoms with van der Waals surface area (Å²) in [6, 6.07) is 0. The molecule has 0 saturated heterocycles. The molecule has 0 aliphatic rings. The quantitative estimate of drug-likeness (QED) is 0.0851. The van der Waals surface area contributed by atoms with Crippen LogP contribution in [-0.4, -0.2) is 92.2 Å². The normalized spacial score (nSPS) is 12.2. The van der Waals surface area contributed by atoms with E-state index in [-0.39, 0.29) is 25.3 Å². The van der Waals surface area contributed by atoms with Gasteiger partial charge < -0.3 is 24.2 Å². The Morgan fingerprint density at radius 1 is 0.641 bits per heavy atom. The molecule has 0 aliphatic heterocycles. The molecule has 1 N–H and O–H groups in total. The van der Waals surface area contributed by atoms with Crippen LogP contribution in [0.4, 0.5) is 4.79 Å². The molecule has 8 nitrogen and oxygen atoms in total. The molecule has 0 spiro atoms. The van der Waals surface area contributed by atoms with Gasteiger partial charge in [0.2, 0.25) is 0 Å². The van der Waals surface area contributed by atoms with Crippen LogP contribution in [0.5, 0.6) is 0 Å². The van der Waals surface area contributed by atoms with Crippen molar-refractivity contribution in [1.82, 2.24) is 9.80 Å². The van der Waals surface area contributed by atoms with Crippen LogP contribution in [0, 0.1) is 0 Å². The van der Waals surface area contributed by atoms with E-state index in [0.29, 0.717) is 26.1 Å². The molecule has 0 radical (unpaired) electrons. The molecule has 39 heavy (non-hydrogen) atoms. The molecule has 0 saturated carbocycles. The van der Waals surface area contributed by atoms with Gasteiger partial charge in [-0.2, -0.15) is 0 Å². The first-order valence-corrected chi connectivity index (χ1v) is 16.0. The first kappa shape index (κ1) is 37.6. The standard InChI is InChI=1S/C31H62N2O6/c1-5-9-11-13-17-27-37-30(35)21-16-15-20-29(19-14-12-10-6-2)39-31(36)38-28-25-33(24-26-34)23-18-22-32(7-3)8-4/h29,34H,5-28H2,1-4H3. The molecule has 232 valence electrons. The number of ether oxygens (including phenoxy) is 3. The van der Waals surface area contributed by atoms with Gasteiger partial charge in [-0.05, 0) is 71.1 Å². The maximum atomic E-state index is 12.4. The average Bonchev–Trinajstić information content (AvgIpc) is 2.93. The van der Waals surface area contributed by atoms with E-state index >= 15 is 0 Å². The van der Waals surface area contributed by atoms with Crippen molar-refractivity contribution in [2.75, 3.05) is 59.1 Å². The van der Waals surface area contributed by atoms with Gasteiger partial charge in [0, 0.05) is 19.5 Å². The Bertz CT molecular complexity index is 559. The number of carbonyl (C=O) groups excluding carboxylic acids is 2. The molecule has 0 heterocycles. The summed E-state index contributed by atoms with van der Waals surface area (Å²) >= 11 is 0. The van der Waals surface area contributed by atoms with E-state index in [1.165, 1.54) is 25.7 Å². The van der Waals surface area contributed by atoms with Crippen LogP contribution < -0.4 is 0 Å². The maximum absolute atomic E-state index is 12.4. The Morgan fingerprint density at radius 3 is 1.90 bits per heavy atom. The van der Waals surface area contributed by atoms with Crippen LogP contribution in [0.2, 0.25) is 0 Å². The summed E-state index contributed by atoms with van der Waals surface area (Å²) in [5, 5.41) is 9.39. The second-order valence-corrected chi connectivity index (χ2v) is 10.5. The number of rotatable bonds is 28. The Kier molecular flexibility index (Phi) is 27.2. The lowest BCUT2D eigenvalue weighted by Gasteiger charge is -2.24. The third-order valence-corrected chi connectivity index (χ3v) is 7.20. The zero-order valence-corrected chi connectivity index (χ0v) is 25.9. The van der Waals surface area contributed by atoms with Crippen molar-refractivity contribution >= 4 is 12.1 Å². The van der Waals surface area contributed by atoms with Crippen LogP contribution >= 0.6 is 0 Å². The van der Waals surface area contributed by atoms with Crippen molar-refractivity contribution < 1.29 is 28.9 Å².